The van der Waals surface area contributed by atoms with Crippen molar-refractivity contribution in [1.82, 2.24) is 0 Å². The van der Waals surface area contributed by atoms with Crippen LogP contribution >= 0.6 is 45.2 Å². The molecule has 2 fully saturated rings. The molecule has 12 heavy (non-hydrogen) atoms. The molecule has 0 aromatic rings. The van der Waals surface area contributed by atoms with E-state index in [-0.39, 0.29) is 0 Å². The summed E-state index contributed by atoms with van der Waals surface area (Å²) in [6, 6.07) is 0. The number of allylic oxidation sites excluding steroid dienone is 1. The standard InChI is InChI=1S/C10H14I2/c1-10(2)7-4-3-6(5-7)8(10)9(11)12/h6-7H,3-5H2,1-2H3/t6-,7+/m0/s1. The summed E-state index contributed by atoms with van der Waals surface area (Å²) < 4.78 is 1.53. The summed E-state index contributed by atoms with van der Waals surface area (Å²) in [6.45, 7) is 4.87. The second-order valence-electron chi connectivity index (χ2n) is 4.60. The molecule has 0 N–H and O–H groups in total. The van der Waals surface area contributed by atoms with Gasteiger partial charge in [-0.1, -0.05) is 13.8 Å². The van der Waals surface area contributed by atoms with Crippen LogP contribution in [0.3, 0.4) is 0 Å². The average Bonchev–Trinajstić information content (AvgIpc) is 2.41. The Balaban J connectivity index is 2.42. The van der Waals surface area contributed by atoms with Crippen molar-refractivity contribution in [3.8, 4) is 0 Å². The molecule has 2 heteroatoms. The van der Waals surface area contributed by atoms with E-state index in [9.17, 15) is 0 Å². The van der Waals surface area contributed by atoms with Gasteiger partial charge in [-0.25, -0.2) is 0 Å². The molecule has 2 aliphatic rings. The van der Waals surface area contributed by atoms with Gasteiger partial charge in [0.05, 0.1) is 1.59 Å². The minimum atomic E-state index is 0.515. The zero-order valence-corrected chi connectivity index (χ0v) is 11.8. The van der Waals surface area contributed by atoms with Gasteiger partial charge in [-0.3, -0.25) is 0 Å². The van der Waals surface area contributed by atoms with E-state index < -0.39 is 0 Å². The molecule has 0 amide bonds. The fourth-order valence-corrected chi connectivity index (χ4v) is 5.31. The van der Waals surface area contributed by atoms with Crippen LogP contribution in [0.2, 0.25) is 0 Å². The van der Waals surface area contributed by atoms with Crippen LogP contribution in [0.1, 0.15) is 33.1 Å². The summed E-state index contributed by atoms with van der Waals surface area (Å²) in [6.07, 6.45) is 4.40. The van der Waals surface area contributed by atoms with Gasteiger partial charge >= 0.3 is 0 Å². The molecule has 2 aliphatic carbocycles. The number of hydrogen-bond donors (Lipinski definition) is 0. The zero-order valence-electron chi connectivity index (χ0n) is 7.53. The van der Waals surface area contributed by atoms with E-state index >= 15 is 0 Å². The smallest absolute Gasteiger partial charge is 0.0514 e. The predicted molar refractivity (Wildman–Crippen MR) is 69.7 cm³/mol. The van der Waals surface area contributed by atoms with Gasteiger partial charge in [0.15, 0.2) is 0 Å². The van der Waals surface area contributed by atoms with Crippen LogP contribution < -0.4 is 0 Å². The van der Waals surface area contributed by atoms with Crippen molar-refractivity contribution in [2.75, 3.05) is 0 Å². The molecule has 0 heterocycles. The van der Waals surface area contributed by atoms with Gasteiger partial charge in [0.2, 0.25) is 0 Å². The Labute approximate surface area is 102 Å². The van der Waals surface area contributed by atoms with E-state index in [1.165, 1.54) is 20.8 Å². The lowest BCUT2D eigenvalue weighted by molar-refractivity contribution is 0.288. The Bertz CT molecular complexity index is 236. The number of fused-ring (bicyclic) bond motifs is 2. The molecule has 0 saturated heterocycles. The predicted octanol–water partition coefficient (Wildman–Crippen LogP) is 4.52. The monoisotopic (exact) mass is 388 g/mol. The van der Waals surface area contributed by atoms with Gasteiger partial charge in [-0.2, -0.15) is 0 Å². The van der Waals surface area contributed by atoms with Crippen LogP contribution in [-0.4, -0.2) is 0 Å². The minimum Gasteiger partial charge on any atom is -0.0558 e. The molecular formula is C10H14I2. The molecule has 0 aliphatic heterocycles. The van der Waals surface area contributed by atoms with E-state index in [2.05, 4.69) is 59.0 Å². The van der Waals surface area contributed by atoms with E-state index in [1.807, 2.05) is 0 Å². The lowest BCUT2D eigenvalue weighted by atomic mass is 9.73. The molecular weight excluding hydrogens is 374 g/mol. The quantitative estimate of drug-likeness (QED) is 0.536. The van der Waals surface area contributed by atoms with Gasteiger partial charge in [0, 0.05) is 0 Å². The molecule has 2 bridgehead atoms. The van der Waals surface area contributed by atoms with E-state index in [0.717, 1.165) is 11.8 Å². The maximum Gasteiger partial charge on any atom is 0.0514 e. The Morgan fingerprint density at radius 1 is 1.33 bits per heavy atom. The summed E-state index contributed by atoms with van der Waals surface area (Å²) in [5.74, 6) is 1.92. The zero-order chi connectivity index (χ0) is 8.93. The van der Waals surface area contributed by atoms with Crippen molar-refractivity contribution in [3.63, 3.8) is 0 Å². The number of halogens is 2. The van der Waals surface area contributed by atoms with Crippen LogP contribution in [0, 0.1) is 17.3 Å². The van der Waals surface area contributed by atoms with Crippen molar-refractivity contribution in [2.24, 2.45) is 17.3 Å². The maximum absolute atomic E-state index is 2.50. The van der Waals surface area contributed by atoms with E-state index in [1.54, 1.807) is 5.57 Å². The lowest BCUT2D eigenvalue weighted by Crippen LogP contribution is -2.22. The third kappa shape index (κ3) is 1.28. The maximum atomic E-state index is 2.50. The van der Waals surface area contributed by atoms with Crippen molar-refractivity contribution in [3.05, 3.63) is 7.16 Å². The Morgan fingerprint density at radius 2 is 2.00 bits per heavy atom. The van der Waals surface area contributed by atoms with E-state index in [4.69, 9.17) is 0 Å². The fraction of sp³-hybridized carbons (Fsp3) is 0.800. The molecule has 2 rings (SSSR count). The molecule has 0 radical (unpaired) electrons. The number of rotatable bonds is 0. The summed E-state index contributed by atoms with van der Waals surface area (Å²) >= 11 is 4.99. The van der Waals surface area contributed by atoms with Crippen LogP contribution in [0.25, 0.3) is 0 Å². The Hall–Kier alpha value is 1.20. The number of hydrogen-bond acceptors (Lipinski definition) is 0. The second kappa shape index (κ2) is 3.11. The van der Waals surface area contributed by atoms with Gasteiger partial charge in [-0.15, -0.1) is 0 Å². The summed E-state index contributed by atoms with van der Waals surface area (Å²) in [5.41, 5.74) is 2.28. The molecule has 0 aromatic carbocycles. The Kier molecular flexibility index (Phi) is 2.52. The first-order valence-corrected chi connectivity index (χ1v) is 6.75. The van der Waals surface area contributed by atoms with Crippen LogP contribution in [0.4, 0.5) is 0 Å². The van der Waals surface area contributed by atoms with Gasteiger partial charge in [0.1, 0.15) is 0 Å². The summed E-state index contributed by atoms with van der Waals surface area (Å²) in [5, 5.41) is 0. The molecule has 0 nitrogen and oxygen atoms in total. The third-order valence-electron chi connectivity index (χ3n) is 3.76. The van der Waals surface area contributed by atoms with Gasteiger partial charge in [-0.05, 0) is 87.3 Å². The normalized spacial score (nSPS) is 37.5. The van der Waals surface area contributed by atoms with Crippen molar-refractivity contribution < 1.29 is 0 Å². The summed E-state index contributed by atoms with van der Waals surface area (Å²) in [7, 11) is 0. The van der Waals surface area contributed by atoms with Crippen LogP contribution in [-0.2, 0) is 0 Å². The fourth-order valence-electron chi connectivity index (χ4n) is 3.04. The second-order valence-corrected chi connectivity index (χ2v) is 8.82. The molecule has 0 unspecified atom stereocenters. The largest absolute Gasteiger partial charge is 0.0558 e. The van der Waals surface area contributed by atoms with Gasteiger partial charge < -0.3 is 0 Å². The Morgan fingerprint density at radius 3 is 2.33 bits per heavy atom. The molecule has 2 saturated carbocycles. The highest BCUT2D eigenvalue weighted by Crippen LogP contribution is 2.61. The lowest BCUT2D eigenvalue weighted by Gasteiger charge is -2.33. The topological polar surface area (TPSA) is 0 Å². The van der Waals surface area contributed by atoms with Crippen LogP contribution in [0.5, 0.6) is 0 Å². The molecule has 0 aromatic heterocycles. The molecule has 0 spiro atoms. The van der Waals surface area contributed by atoms with Crippen molar-refractivity contribution >= 4 is 45.2 Å². The van der Waals surface area contributed by atoms with Gasteiger partial charge in [0.25, 0.3) is 0 Å². The average molecular weight is 388 g/mol. The molecule has 2 atom stereocenters. The SMILES string of the molecule is CC1(C)C(=C(I)I)[C@H]2CC[C@@H]1C2. The first-order chi connectivity index (χ1) is 5.53. The molecule has 68 valence electrons. The first kappa shape index (κ1) is 9.74. The van der Waals surface area contributed by atoms with Crippen LogP contribution in [0.15, 0.2) is 7.16 Å². The first-order valence-electron chi connectivity index (χ1n) is 4.59. The highest BCUT2D eigenvalue weighted by atomic mass is 127. The summed E-state index contributed by atoms with van der Waals surface area (Å²) in [4.78, 5) is 0. The minimum absolute atomic E-state index is 0.515. The van der Waals surface area contributed by atoms with E-state index in [0.29, 0.717) is 5.41 Å². The highest BCUT2D eigenvalue weighted by Gasteiger charge is 2.49. The van der Waals surface area contributed by atoms with Crippen molar-refractivity contribution in [2.45, 2.75) is 33.1 Å². The highest BCUT2D eigenvalue weighted by molar-refractivity contribution is 14.2. The third-order valence-corrected chi connectivity index (χ3v) is 4.92. The van der Waals surface area contributed by atoms with Crippen molar-refractivity contribution in [1.29, 1.82) is 0 Å².